The SMILES string of the molecule is O=C(NCCOCCO)C(=O)Nc1ccc(N2CCCCC2)cc1. The zero-order valence-electron chi connectivity index (χ0n) is 13.8. The van der Waals surface area contributed by atoms with Crippen molar-refractivity contribution < 1.29 is 19.4 Å². The predicted octanol–water partition coefficient (Wildman–Crippen LogP) is 0.740. The Morgan fingerprint density at radius 2 is 1.75 bits per heavy atom. The summed E-state index contributed by atoms with van der Waals surface area (Å²) in [5, 5.41) is 13.6. The number of hydrogen-bond donors (Lipinski definition) is 3. The number of carbonyl (C=O) groups excluding carboxylic acids is 2. The summed E-state index contributed by atoms with van der Waals surface area (Å²) in [5.74, 6) is -1.41. The fourth-order valence-electron chi connectivity index (χ4n) is 2.58. The molecule has 1 fully saturated rings. The molecule has 2 amide bonds. The zero-order valence-corrected chi connectivity index (χ0v) is 13.8. The molecule has 7 nitrogen and oxygen atoms in total. The van der Waals surface area contributed by atoms with Crippen LogP contribution in [-0.2, 0) is 14.3 Å². The van der Waals surface area contributed by atoms with Crippen molar-refractivity contribution in [2.75, 3.05) is 49.7 Å². The molecule has 1 aromatic carbocycles. The lowest BCUT2D eigenvalue weighted by Gasteiger charge is -2.28. The van der Waals surface area contributed by atoms with Crippen molar-refractivity contribution in [1.29, 1.82) is 0 Å². The van der Waals surface area contributed by atoms with Crippen LogP contribution in [0.4, 0.5) is 11.4 Å². The van der Waals surface area contributed by atoms with Gasteiger partial charge in [-0.1, -0.05) is 0 Å². The Labute approximate surface area is 142 Å². The third-order valence-electron chi connectivity index (χ3n) is 3.82. The topological polar surface area (TPSA) is 90.9 Å². The highest BCUT2D eigenvalue weighted by atomic mass is 16.5. The molecule has 1 aromatic rings. The second-order valence-electron chi connectivity index (χ2n) is 5.64. The molecular formula is C17H25N3O4. The van der Waals surface area contributed by atoms with E-state index in [-0.39, 0.29) is 26.4 Å². The fraction of sp³-hybridized carbons (Fsp3) is 0.529. The van der Waals surface area contributed by atoms with E-state index in [2.05, 4.69) is 15.5 Å². The lowest BCUT2D eigenvalue weighted by molar-refractivity contribution is -0.136. The fourth-order valence-corrected chi connectivity index (χ4v) is 2.58. The first-order valence-electron chi connectivity index (χ1n) is 8.33. The maximum atomic E-state index is 11.8. The number of aliphatic hydroxyl groups excluding tert-OH is 1. The molecule has 0 spiro atoms. The van der Waals surface area contributed by atoms with Crippen LogP contribution in [0.5, 0.6) is 0 Å². The van der Waals surface area contributed by atoms with Gasteiger partial charge in [0.05, 0.1) is 19.8 Å². The van der Waals surface area contributed by atoms with E-state index >= 15 is 0 Å². The lowest BCUT2D eigenvalue weighted by atomic mass is 10.1. The van der Waals surface area contributed by atoms with Crippen LogP contribution in [0.15, 0.2) is 24.3 Å². The van der Waals surface area contributed by atoms with Gasteiger partial charge in [0, 0.05) is 31.0 Å². The van der Waals surface area contributed by atoms with Crippen molar-refractivity contribution in [2.45, 2.75) is 19.3 Å². The molecule has 0 radical (unpaired) electrons. The summed E-state index contributed by atoms with van der Waals surface area (Å²) < 4.78 is 5.00. The van der Waals surface area contributed by atoms with Crippen LogP contribution in [0, 0.1) is 0 Å². The first-order chi connectivity index (χ1) is 11.7. The van der Waals surface area contributed by atoms with E-state index in [4.69, 9.17) is 9.84 Å². The normalized spacial score (nSPS) is 14.3. The molecule has 1 aliphatic rings. The number of ether oxygens (including phenoxy) is 1. The molecule has 1 aliphatic heterocycles. The average Bonchev–Trinajstić information content (AvgIpc) is 2.62. The van der Waals surface area contributed by atoms with E-state index in [0.29, 0.717) is 5.69 Å². The van der Waals surface area contributed by atoms with Gasteiger partial charge in [0.25, 0.3) is 0 Å². The van der Waals surface area contributed by atoms with E-state index in [0.717, 1.165) is 18.8 Å². The largest absolute Gasteiger partial charge is 0.394 e. The van der Waals surface area contributed by atoms with Gasteiger partial charge in [-0.05, 0) is 43.5 Å². The minimum atomic E-state index is -0.706. The third kappa shape index (κ3) is 5.82. The third-order valence-corrected chi connectivity index (χ3v) is 3.82. The van der Waals surface area contributed by atoms with Crippen LogP contribution in [0.2, 0.25) is 0 Å². The molecule has 1 heterocycles. The number of hydrogen-bond acceptors (Lipinski definition) is 5. The number of benzene rings is 1. The first-order valence-corrected chi connectivity index (χ1v) is 8.33. The molecule has 0 aliphatic carbocycles. The van der Waals surface area contributed by atoms with E-state index in [1.165, 1.54) is 19.3 Å². The number of piperidine rings is 1. The number of aliphatic hydroxyl groups is 1. The number of nitrogens with zero attached hydrogens (tertiary/aromatic N) is 1. The molecule has 3 N–H and O–H groups in total. The Hall–Kier alpha value is -2.12. The standard InChI is InChI=1S/C17H25N3O4/c21-11-13-24-12-8-18-16(22)17(23)19-14-4-6-15(7-5-14)20-9-2-1-3-10-20/h4-7,21H,1-3,8-13H2,(H,18,22)(H,19,23). The van der Waals surface area contributed by atoms with Crippen molar-refractivity contribution in [3.8, 4) is 0 Å². The van der Waals surface area contributed by atoms with Crippen molar-refractivity contribution in [2.24, 2.45) is 0 Å². The Morgan fingerprint density at radius 3 is 2.42 bits per heavy atom. The lowest BCUT2D eigenvalue weighted by Crippen LogP contribution is -2.37. The van der Waals surface area contributed by atoms with Gasteiger partial charge >= 0.3 is 11.8 Å². The number of amides is 2. The molecule has 132 valence electrons. The van der Waals surface area contributed by atoms with Crippen LogP contribution in [-0.4, -0.2) is 56.4 Å². The van der Waals surface area contributed by atoms with Gasteiger partial charge in [-0.25, -0.2) is 0 Å². The summed E-state index contributed by atoms with van der Waals surface area (Å²) in [7, 11) is 0. The molecule has 0 bridgehead atoms. The Bertz CT molecular complexity index is 527. The minimum absolute atomic E-state index is 0.0676. The molecule has 0 unspecified atom stereocenters. The molecule has 24 heavy (non-hydrogen) atoms. The molecule has 7 heteroatoms. The Kier molecular flexibility index (Phi) is 7.51. The summed E-state index contributed by atoms with van der Waals surface area (Å²) in [6, 6.07) is 7.53. The second-order valence-corrected chi connectivity index (χ2v) is 5.64. The number of anilines is 2. The number of carbonyl (C=O) groups is 2. The first kappa shape index (κ1) is 18.2. The quantitative estimate of drug-likeness (QED) is 0.505. The molecule has 0 atom stereocenters. The molecule has 2 rings (SSSR count). The van der Waals surface area contributed by atoms with E-state index in [1.54, 1.807) is 12.1 Å². The van der Waals surface area contributed by atoms with Crippen molar-refractivity contribution in [3.05, 3.63) is 24.3 Å². The summed E-state index contributed by atoms with van der Waals surface area (Å²) in [6.45, 7) is 2.75. The highest BCUT2D eigenvalue weighted by Gasteiger charge is 2.14. The van der Waals surface area contributed by atoms with Gasteiger partial charge in [0.1, 0.15) is 0 Å². The summed E-state index contributed by atoms with van der Waals surface area (Å²) in [5.41, 5.74) is 1.73. The highest BCUT2D eigenvalue weighted by Crippen LogP contribution is 2.21. The molecule has 0 aromatic heterocycles. The van der Waals surface area contributed by atoms with E-state index in [1.807, 2.05) is 12.1 Å². The number of nitrogens with one attached hydrogen (secondary N) is 2. The predicted molar refractivity (Wildman–Crippen MR) is 92.1 cm³/mol. The smallest absolute Gasteiger partial charge is 0.313 e. The molecule has 0 saturated carbocycles. The molecule has 1 saturated heterocycles. The average molecular weight is 335 g/mol. The van der Waals surface area contributed by atoms with Gasteiger partial charge in [-0.3, -0.25) is 9.59 Å². The zero-order chi connectivity index (χ0) is 17.2. The van der Waals surface area contributed by atoms with Crippen LogP contribution in [0.1, 0.15) is 19.3 Å². The van der Waals surface area contributed by atoms with Gasteiger partial charge in [0.2, 0.25) is 0 Å². The summed E-state index contributed by atoms with van der Waals surface area (Å²) in [6.07, 6.45) is 3.70. The Morgan fingerprint density at radius 1 is 1.04 bits per heavy atom. The molecular weight excluding hydrogens is 310 g/mol. The van der Waals surface area contributed by atoms with Crippen molar-refractivity contribution in [1.82, 2.24) is 5.32 Å². The minimum Gasteiger partial charge on any atom is -0.394 e. The van der Waals surface area contributed by atoms with E-state index in [9.17, 15) is 9.59 Å². The van der Waals surface area contributed by atoms with Crippen LogP contribution in [0.3, 0.4) is 0 Å². The van der Waals surface area contributed by atoms with Gasteiger partial charge in [0.15, 0.2) is 0 Å². The van der Waals surface area contributed by atoms with Crippen molar-refractivity contribution in [3.63, 3.8) is 0 Å². The van der Waals surface area contributed by atoms with Crippen LogP contribution in [0.25, 0.3) is 0 Å². The highest BCUT2D eigenvalue weighted by molar-refractivity contribution is 6.39. The summed E-state index contributed by atoms with van der Waals surface area (Å²) in [4.78, 5) is 25.8. The maximum Gasteiger partial charge on any atom is 0.313 e. The maximum absolute atomic E-state index is 11.8. The van der Waals surface area contributed by atoms with Crippen LogP contribution >= 0.6 is 0 Å². The number of rotatable bonds is 7. The van der Waals surface area contributed by atoms with Gasteiger partial charge in [-0.15, -0.1) is 0 Å². The van der Waals surface area contributed by atoms with E-state index < -0.39 is 11.8 Å². The Balaban J connectivity index is 1.75. The monoisotopic (exact) mass is 335 g/mol. The van der Waals surface area contributed by atoms with Crippen LogP contribution < -0.4 is 15.5 Å². The van der Waals surface area contributed by atoms with Crippen molar-refractivity contribution >= 4 is 23.2 Å². The second kappa shape index (κ2) is 9.89. The van der Waals surface area contributed by atoms with Gasteiger partial charge in [-0.2, -0.15) is 0 Å². The summed E-state index contributed by atoms with van der Waals surface area (Å²) >= 11 is 0. The van der Waals surface area contributed by atoms with Gasteiger partial charge < -0.3 is 25.4 Å².